The van der Waals surface area contributed by atoms with E-state index in [4.69, 9.17) is 11.6 Å². The van der Waals surface area contributed by atoms with E-state index in [-0.39, 0.29) is 5.56 Å². The van der Waals surface area contributed by atoms with Gasteiger partial charge in [-0.3, -0.25) is 0 Å². The Morgan fingerprint density at radius 2 is 2.12 bits per heavy atom. The Balaban J connectivity index is 2.78. The van der Waals surface area contributed by atoms with Crippen LogP contribution in [0.1, 0.15) is 18.1 Å². The summed E-state index contributed by atoms with van der Waals surface area (Å²) in [5.74, 6) is -0.569. The quantitative estimate of drug-likeness (QED) is 0.739. The highest BCUT2D eigenvalue weighted by molar-refractivity contribution is 6.30. The summed E-state index contributed by atoms with van der Waals surface area (Å²) in [6.07, 6.45) is -1.93. The van der Waals surface area contributed by atoms with Gasteiger partial charge in [0.1, 0.15) is 11.9 Å². The number of rotatable bonds is 5. The smallest absolute Gasteiger partial charge is 0.129 e. The van der Waals surface area contributed by atoms with Crippen molar-refractivity contribution in [2.45, 2.75) is 18.6 Å². The summed E-state index contributed by atoms with van der Waals surface area (Å²) in [5, 5.41) is 22.5. The summed E-state index contributed by atoms with van der Waals surface area (Å²) in [5.41, 5.74) is 0.0242. The van der Waals surface area contributed by atoms with Gasteiger partial charge in [0.05, 0.1) is 6.10 Å². The fourth-order valence-corrected chi connectivity index (χ4v) is 1.58. The van der Waals surface area contributed by atoms with Crippen LogP contribution in [0.3, 0.4) is 0 Å². The molecule has 90 valence electrons. The minimum Gasteiger partial charge on any atom is -0.390 e. The second-order valence-corrected chi connectivity index (χ2v) is 4.01. The number of hydrogen-bond donors (Lipinski definition) is 3. The number of aliphatic hydroxyl groups excluding tert-OH is 2. The average molecular weight is 248 g/mol. The highest BCUT2D eigenvalue weighted by atomic mass is 35.5. The monoisotopic (exact) mass is 247 g/mol. The van der Waals surface area contributed by atoms with Crippen molar-refractivity contribution < 1.29 is 14.6 Å². The zero-order chi connectivity index (χ0) is 12.1. The van der Waals surface area contributed by atoms with Crippen LogP contribution in [0.2, 0.25) is 5.02 Å². The maximum absolute atomic E-state index is 13.4. The van der Waals surface area contributed by atoms with Crippen molar-refractivity contribution in [3.63, 3.8) is 0 Å². The molecule has 0 bridgehead atoms. The lowest BCUT2D eigenvalue weighted by molar-refractivity contribution is 0.0120. The van der Waals surface area contributed by atoms with E-state index in [2.05, 4.69) is 5.32 Å². The van der Waals surface area contributed by atoms with Gasteiger partial charge in [0.25, 0.3) is 0 Å². The van der Waals surface area contributed by atoms with Crippen molar-refractivity contribution >= 4 is 11.6 Å². The first-order valence-electron chi connectivity index (χ1n) is 5.02. The lowest BCUT2D eigenvalue weighted by Gasteiger charge is -2.18. The van der Waals surface area contributed by atoms with E-state index in [0.717, 1.165) is 0 Å². The number of hydrogen-bond acceptors (Lipinski definition) is 3. The number of nitrogens with one attached hydrogen (secondary N) is 1. The minimum absolute atomic E-state index is 0.0242. The Kier molecular flexibility index (Phi) is 5.15. The summed E-state index contributed by atoms with van der Waals surface area (Å²) in [4.78, 5) is 0. The molecule has 0 spiro atoms. The molecule has 3 nitrogen and oxygen atoms in total. The van der Waals surface area contributed by atoms with Gasteiger partial charge in [0.2, 0.25) is 0 Å². The maximum Gasteiger partial charge on any atom is 0.129 e. The zero-order valence-electron chi connectivity index (χ0n) is 8.95. The molecule has 3 N–H and O–H groups in total. The Bertz CT molecular complexity index is 349. The van der Waals surface area contributed by atoms with Gasteiger partial charge in [-0.25, -0.2) is 4.39 Å². The van der Waals surface area contributed by atoms with Crippen molar-refractivity contribution in [2.24, 2.45) is 0 Å². The SMILES string of the molecule is CNCCC(O)C(O)c1cc(Cl)ccc1F. The third kappa shape index (κ3) is 3.42. The van der Waals surface area contributed by atoms with Gasteiger partial charge in [-0.15, -0.1) is 0 Å². The number of aliphatic hydroxyl groups is 2. The molecular weight excluding hydrogens is 233 g/mol. The first-order valence-corrected chi connectivity index (χ1v) is 5.39. The van der Waals surface area contributed by atoms with Gasteiger partial charge in [-0.1, -0.05) is 11.6 Å². The average Bonchev–Trinajstić information content (AvgIpc) is 2.28. The molecule has 0 fully saturated rings. The molecule has 1 rings (SSSR count). The molecular formula is C11H15ClFNO2. The molecule has 0 saturated carbocycles. The topological polar surface area (TPSA) is 52.5 Å². The predicted octanol–water partition coefficient (Wildman–Crippen LogP) is 1.48. The Labute approximate surface area is 98.9 Å². The molecule has 0 aliphatic carbocycles. The van der Waals surface area contributed by atoms with Crippen LogP contribution < -0.4 is 5.32 Å². The van der Waals surface area contributed by atoms with E-state index in [1.54, 1.807) is 7.05 Å². The molecule has 0 aromatic heterocycles. The maximum atomic E-state index is 13.4. The van der Waals surface area contributed by atoms with Crippen LogP contribution in [0, 0.1) is 5.82 Å². The molecule has 2 atom stereocenters. The van der Waals surface area contributed by atoms with E-state index in [1.165, 1.54) is 18.2 Å². The second-order valence-electron chi connectivity index (χ2n) is 3.57. The second kappa shape index (κ2) is 6.15. The highest BCUT2D eigenvalue weighted by Gasteiger charge is 2.21. The van der Waals surface area contributed by atoms with Gasteiger partial charge in [0.15, 0.2) is 0 Å². The third-order valence-corrected chi connectivity index (χ3v) is 2.57. The molecule has 0 saturated heterocycles. The molecule has 0 aliphatic heterocycles. The predicted molar refractivity (Wildman–Crippen MR) is 60.9 cm³/mol. The number of benzene rings is 1. The molecule has 16 heavy (non-hydrogen) atoms. The van der Waals surface area contributed by atoms with Crippen molar-refractivity contribution in [1.29, 1.82) is 0 Å². The molecule has 0 radical (unpaired) electrons. The van der Waals surface area contributed by atoms with E-state index in [9.17, 15) is 14.6 Å². The highest BCUT2D eigenvalue weighted by Crippen LogP contribution is 2.24. The molecule has 5 heteroatoms. The van der Waals surface area contributed by atoms with Crippen molar-refractivity contribution in [1.82, 2.24) is 5.32 Å². The van der Waals surface area contributed by atoms with E-state index in [0.29, 0.717) is 18.0 Å². The molecule has 0 heterocycles. The first kappa shape index (κ1) is 13.4. The minimum atomic E-state index is -1.26. The van der Waals surface area contributed by atoms with Gasteiger partial charge in [0, 0.05) is 10.6 Å². The van der Waals surface area contributed by atoms with Crippen molar-refractivity contribution in [3.8, 4) is 0 Å². The van der Waals surface area contributed by atoms with Crippen LogP contribution in [0.4, 0.5) is 4.39 Å². The molecule has 1 aromatic rings. The van der Waals surface area contributed by atoms with Crippen molar-refractivity contribution in [3.05, 3.63) is 34.6 Å². The molecule has 2 unspecified atom stereocenters. The summed E-state index contributed by atoms with van der Waals surface area (Å²) in [6.45, 7) is 0.542. The van der Waals surface area contributed by atoms with Gasteiger partial charge in [-0.2, -0.15) is 0 Å². The van der Waals surface area contributed by atoms with Crippen LogP contribution in [0.15, 0.2) is 18.2 Å². The van der Waals surface area contributed by atoms with Gasteiger partial charge in [-0.05, 0) is 38.2 Å². The molecule has 0 amide bonds. The van der Waals surface area contributed by atoms with Crippen molar-refractivity contribution in [2.75, 3.05) is 13.6 Å². The molecule has 1 aromatic carbocycles. The lowest BCUT2D eigenvalue weighted by atomic mass is 10.0. The zero-order valence-corrected chi connectivity index (χ0v) is 9.71. The third-order valence-electron chi connectivity index (χ3n) is 2.33. The normalized spacial score (nSPS) is 14.8. The summed E-state index contributed by atoms with van der Waals surface area (Å²) < 4.78 is 13.4. The number of halogens is 2. The van der Waals surface area contributed by atoms with Crippen LogP contribution >= 0.6 is 11.6 Å². The lowest BCUT2D eigenvalue weighted by Crippen LogP contribution is -2.24. The summed E-state index contributed by atoms with van der Waals surface area (Å²) in [6, 6.07) is 3.89. The summed E-state index contributed by atoms with van der Waals surface area (Å²) >= 11 is 5.70. The first-order chi connectivity index (χ1) is 7.56. The van der Waals surface area contributed by atoms with Crippen LogP contribution in [0.25, 0.3) is 0 Å². The van der Waals surface area contributed by atoms with Gasteiger partial charge < -0.3 is 15.5 Å². The van der Waals surface area contributed by atoms with E-state index >= 15 is 0 Å². The molecule has 0 aliphatic rings. The fourth-order valence-electron chi connectivity index (χ4n) is 1.40. The van der Waals surface area contributed by atoms with E-state index < -0.39 is 18.0 Å². The Morgan fingerprint density at radius 3 is 2.75 bits per heavy atom. The van der Waals surface area contributed by atoms with Crippen LogP contribution in [-0.2, 0) is 0 Å². The standard InChI is InChI=1S/C11H15ClFNO2/c1-14-5-4-10(15)11(16)8-6-7(12)2-3-9(8)13/h2-3,6,10-11,14-16H,4-5H2,1H3. The Hall–Kier alpha value is -0.680. The van der Waals surface area contributed by atoms with Crippen LogP contribution in [-0.4, -0.2) is 29.9 Å². The van der Waals surface area contributed by atoms with E-state index in [1.807, 2.05) is 0 Å². The van der Waals surface area contributed by atoms with Gasteiger partial charge >= 0.3 is 0 Å². The fraction of sp³-hybridized carbons (Fsp3) is 0.455. The summed E-state index contributed by atoms with van der Waals surface area (Å²) in [7, 11) is 1.74. The largest absolute Gasteiger partial charge is 0.390 e. The Morgan fingerprint density at radius 1 is 1.44 bits per heavy atom. The van der Waals surface area contributed by atoms with Crippen LogP contribution in [0.5, 0.6) is 0 Å².